The number of primary sulfonamides is 1. The van der Waals surface area contributed by atoms with Gasteiger partial charge in [0.25, 0.3) is 0 Å². The Morgan fingerprint density at radius 2 is 1.87 bits per heavy atom. The van der Waals surface area contributed by atoms with Crippen LogP contribution in [-0.2, 0) is 23.0 Å². The van der Waals surface area contributed by atoms with Gasteiger partial charge in [0.15, 0.2) is 0 Å². The molecular formula is C22H31N5O2S. The summed E-state index contributed by atoms with van der Waals surface area (Å²) in [5, 5.41) is 8.89. The molecule has 2 aromatic rings. The van der Waals surface area contributed by atoms with Crippen LogP contribution in [0.25, 0.3) is 0 Å². The monoisotopic (exact) mass is 429 g/mol. The Bertz CT molecular complexity index is 1020. The third kappa shape index (κ3) is 4.75. The number of sulfonamides is 1. The molecular weight excluding hydrogens is 398 g/mol. The third-order valence-corrected chi connectivity index (χ3v) is 7.02. The molecule has 0 bridgehead atoms. The number of benzene rings is 1. The summed E-state index contributed by atoms with van der Waals surface area (Å²) < 4.78 is 23.5. The highest BCUT2D eigenvalue weighted by atomic mass is 32.2. The van der Waals surface area contributed by atoms with E-state index in [1.165, 1.54) is 19.3 Å². The van der Waals surface area contributed by atoms with Crippen LogP contribution < -0.4 is 15.4 Å². The Hall–Kier alpha value is -2.19. The number of nitrogens with zero attached hydrogens (tertiary/aromatic N) is 3. The van der Waals surface area contributed by atoms with Crippen molar-refractivity contribution in [2.45, 2.75) is 75.8 Å². The lowest BCUT2D eigenvalue weighted by Gasteiger charge is -2.31. The Balaban J connectivity index is 1.61. The van der Waals surface area contributed by atoms with Crippen molar-refractivity contribution in [3.05, 3.63) is 41.1 Å². The molecule has 0 saturated heterocycles. The second-order valence-electron chi connectivity index (χ2n) is 8.76. The molecule has 0 unspecified atom stereocenters. The van der Waals surface area contributed by atoms with Crippen LogP contribution in [0.2, 0.25) is 0 Å². The van der Waals surface area contributed by atoms with Gasteiger partial charge in [0.05, 0.1) is 10.6 Å². The largest absolute Gasteiger partial charge is 0.352 e. The summed E-state index contributed by atoms with van der Waals surface area (Å²) in [4.78, 5) is 12.0. The number of anilines is 2. The molecule has 0 spiro atoms. The first-order valence-corrected chi connectivity index (χ1v) is 12.4. The predicted octanol–water partition coefficient (Wildman–Crippen LogP) is 3.55. The van der Waals surface area contributed by atoms with Gasteiger partial charge in [-0.3, -0.25) is 0 Å². The molecule has 4 rings (SSSR count). The van der Waals surface area contributed by atoms with E-state index in [0.717, 1.165) is 48.4 Å². The number of nitrogens with two attached hydrogens (primary N) is 1. The van der Waals surface area contributed by atoms with Crippen molar-refractivity contribution in [2.75, 3.05) is 16.8 Å². The molecule has 1 aromatic carbocycles. The Kier molecular flexibility index (Phi) is 5.97. The molecule has 0 atom stereocenters. The zero-order valence-corrected chi connectivity index (χ0v) is 18.6. The lowest BCUT2D eigenvalue weighted by atomic mass is 9.96. The van der Waals surface area contributed by atoms with E-state index in [1.54, 1.807) is 12.1 Å². The fourth-order valence-electron chi connectivity index (χ4n) is 4.31. The van der Waals surface area contributed by atoms with Gasteiger partial charge in [0.2, 0.25) is 16.0 Å². The van der Waals surface area contributed by atoms with Crippen molar-refractivity contribution >= 4 is 21.8 Å². The molecule has 7 nitrogen and oxygen atoms in total. The minimum Gasteiger partial charge on any atom is -0.352 e. The summed E-state index contributed by atoms with van der Waals surface area (Å²) >= 11 is 0. The molecule has 0 radical (unpaired) electrons. The zero-order chi connectivity index (χ0) is 21.3. The summed E-state index contributed by atoms with van der Waals surface area (Å²) in [6.45, 7) is 5.72. The smallest absolute Gasteiger partial charge is 0.238 e. The van der Waals surface area contributed by atoms with Crippen LogP contribution in [0.4, 0.5) is 11.8 Å². The number of hydrogen-bond donors (Lipinski definition) is 2. The SMILES string of the molecule is CC(C)c1cc(N2CCc3ccc(S(N)(=O)=O)cc3C2)nc(NC2CCCCC2)n1. The molecule has 0 amide bonds. The molecule has 2 heterocycles. The predicted molar refractivity (Wildman–Crippen MR) is 119 cm³/mol. The van der Waals surface area contributed by atoms with Crippen LogP contribution in [0.5, 0.6) is 0 Å². The van der Waals surface area contributed by atoms with Gasteiger partial charge in [0.1, 0.15) is 5.82 Å². The molecule has 30 heavy (non-hydrogen) atoms. The van der Waals surface area contributed by atoms with E-state index in [2.05, 4.69) is 30.1 Å². The van der Waals surface area contributed by atoms with Crippen molar-refractivity contribution < 1.29 is 8.42 Å². The first-order chi connectivity index (χ1) is 14.3. The van der Waals surface area contributed by atoms with E-state index in [0.29, 0.717) is 24.5 Å². The van der Waals surface area contributed by atoms with Crippen LogP contribution in [0.15, 0.2) is 29.2 Å². The Labute approximate surface area is 179 Å². The molecule has 2 aliphatic rings. The summed E-state index contributed by atoms with van der Waals surface area (Å²) in [7, 11) is -3.71. The lowest BCUT2D eigenvalue weighted by molar-refractivity contribution is 0.460. The maximum Gasteiger partial charge on any atom is 0.238 e. The number of fused-ring (bicyclic) bond motifs is 1. The quantitative estimate of drug-likeness (QED) is 0.754. The number of rotatable bonds is 5. The zero-order valence-electron chi connectivity index (χ0n) is 17.8. The van der Waals surface area contributed by atoms with Gasteiger partial charge in [-0.05, 0) is 48.4 Å². The summed E-state index contributed by atoms with van der Waals surface area (Å²) in [5.41, 5.74) is 3.17. The van der Waals surface area contributed by atoms with Gasteiger partial charge in [0, 0.05) is 25.2 Å². The minimum atomic E-state index is -3.71. The van der Waals surface area contributed by atoms with Crippen LogP contribution in [0.3, 0.4) is 0 Å². The molecule has 1 aliphatic heterocycles. The average Bonchev–Trinajstić information content (AvgIpc) is 2.72. The summed E-state index contributed by atoms with van der Waals surface area (Å²) in [6.07, 6.45) is 6.99. The Morgan fingerprint density at radius 3 is 2.57 bits per heavy atom. The van der Waals surface area contributed by atoms with E-state index in [-0.39, 0.29) is 4.90 Å². The van der Waals surface area contributed by atoms with Crippen molar-refractivity contribution in [3.63, 3.8) is 0 Å². The maximum atomic E-state index is 11.8. The highest BCUT2D eigenvalue weighted by Crippen LogP contribution is 2.28. The van der Waals surface area contributed by atoms with Gasteiger partial charge in [-0.15, -0.1) is 0 Å². The fourth-order valence-corrected chi connectivity index (χ4v) is 4.87. The van der Waals surface area contributed by atoms with Gasteiger partial charge in [-0.1, -0.05) is 39.2 Å². The average molecular weight is 430 g/mol. The first kappa shape index (κ1) is 21.1. The molecule has 162 valence electrons. The van der Waals surface area contributed by atoms with Crippen molar-refractivity contribution in [2.24, 2.45) is 5.14 Å². The van der Waals surface area contributed by atoms with Gasteiger partial charge < -0.3 is 10.2 Å². The summed E-state index contributed by atoms with van der Waals surface area (Å²) in [5.74, 6) is 1.88. The second-order valence-corrected chi connectivity index (χ2v) is 10.3. The molecule has 1 aliphatic carbocycles. The van der Waals surface area contributed by atoms with Crippen molar-refractivity contribution in [3.8, 4) is 0 Å². The molecule has 1 saturated carbocycles. The van der Waals surface area contributed by atoms with E-state index in [4.69, 9.17) is 15.1 Å². The van der Waals surface area contributed by atoms with E-state index in [9.17, 15) is 8.42 Å². The van der Waals surface area contributed by atoms with Gasteiger partial charge in [-0.25, -0.2) is 18.5 Å². The van der Waals surface area contributed by atoms with Crippen LogP contribution >= 0.6 is 0 Å². The number of nitrogens with one attached hydrogen (secondary N) is 1. The van der Waals surface area contributed by atoms with Crippen LogP contribution in [-0.4, -0.2) is 31.0 Å². The van der Waals surface area contributed by atoms with Crippen LogP contribution in [0, 0.1) is 0 Å². The van der Waals surface area contributed by atoms with Gasteiger partial charge >= 0.3 is 0 Å². The van der Waals surface area contributed by atoms with E-state index < -0.39 is 10.0 Å². The molecule has 8 heteroatoms. The molecule has 1 aromatic heterocycles. The molecule has 1 fully saturated rings. The molecule has 3 N–H and O–H groups in total. The third-order valence-electron chi connectivity index (χ3n) is 6.10. The fraction of sp³-hybridized carbons (Fsp3) is 0.545. The first-order valence-electron chi connectivity index (χ1n) is 10.8. The number of aromatic nitrogens is 2. The van der Waals surface area contributed by atoms with Crippen molar-refractivity contribution in [1.82, 2.24) is 9.97 Å². The van der Waals surface area contributed by atoms with E-state index in [1.807, 2.05) is 6.07 Å². The highest BCUT2D eigenvalue weighted by Gasteiger charge is 2.22. The van der Waals surface area contributed by atoms with Gasteiger partial charge in [-0.2, -0.15) is 4.98 Å². The normalized spacial score (nSPS) is 17.8. The second kappa shape index (κ2) is 8.51. The standard InChI is InChI=1S/C22H31N5O2S/c1-15(2)20-13-21(26-22(25-20)24-18-6-4-3-5-7-18)27-11-10-16-8-9-19(30(23,28)29)12-17(16)14-27/h8-9,12-13,15,18H,3-7,10-11,14H2,1-2H3,(H2,23,28,29)(H,24,25,26). The highest BCUT2D eigenvalue weighted by molar-refractivity contribution is 7.89. The summed E-state index contributed by atoms with van der Waals surface area (Å²) in [6, 6.07) is 7.67. The number of hydrogen-bond acceptors (Lipinski definition) is 6. The lowest BCUT2D eigenvalue weighted by Crippen LogP contribution is -2.32. The van der Waals surface area contributed by atoms with Crippen LogP contribution in [0.1, 0.15) is 68.7 Å². The Morgan fingerprint density at radius 1 is 1.10 bits per heavy atom. The maximum absolute atomic E-state index is 11.8. The van der Waals surface area contributed by atoms with Crippen molar-refractivity contribution in [1.29, 1.82) is 0 Å². The van der Waals surface area contributed by atoms with E-state index >= 15 is 0 Å². The topological polar surface area (TPSA) is 101 Å². The minimum absolute atomic E-state index is 0.160.